The number of nitrogens with one attached hydrogen (secondary N) is 3. The quantitative estimate of drug-likeness (QED) is 0.286. The lowest BCUT2D eigenvalue weighted by Gasteiger charge is -2.15. The van der Waals surface area contributed by atoms with Crippen LogP contribution in [0.3, 0.4) is 0 Å². The van der Waals surface area contributed by atoms with Crippen LogP contribution in [0, 0.1) is 0 Å². The second kappa shape index (κ2) is 13.2. The smallest absolute Gasteiger partial charge is 0.306 e. The number of amides is 2. The number of rotatable bonds is 10. The van der Waals surface area contributed by atoms with Gasteiger partial charge in [0.25, 0.3) is 5.91 Å². The minimum Gasteiger partial charge on any atom is -0.463 e. The Hall–Kier alpha value is -3.30. The molecule has 0 saturated carbocycles. The Morgan fingerprint density at radius 2 is 1.75 bits per heavy atom. The van der Waals surface area contributed by atoms with Gasteiger partial charge in [0.05, 0.1) is 19.1 Å². The zero-order chi connectivity index (χ0) is 23.3. The Labute approximate surface area is 192 Å². The molecule has 2 rings (SSSR count). The van der Waals surface area contributed by atoms with E-state index in [0.29, 0.717) is 17.9 Å². The number of hydrogen-bond donors (Lipinski definition) is 3. The highest BCUT2D eigenvalue weighted by Crippen LogP contribution is 2.15. The number of carbonyl (C=O) groups is 3. The summed E-state index contributed by atoms with van der Waals surface area (Å²) in [4.78, 5) is 36.1. The fourth-order valence-electron chi connectivity index (χ4n) is 2.72. The molecule has 1 unspecified atom stereocenters. The molecule has 3 N–H and O–H groups in total. The summed E-state index contributed by atoms with van der Waals surface area (Å²) in [5.41, 5.74) is 2.00. The Balaban J connectivity index is 1.82. The SMILES string of the molecule is COCCOC(=O)CCC(=O)NC(=S)Nc1cccc(C(=O)NC(C)c2ccccc2)c1. The van der Waals surface area contributed by atoms with Crippen LogP contribution in [-0.2, 0) is 19.1 Å². The lowest BCUT2D eigenvalue weighted by Crippen LogP contribution is -2.34. The predicted molar refractivity (Wildman–Crippen MR) is 125 cm³/mol. The highest BCUT2D eigenvalue weighted by atomic mass is 32.1. The van der Waals surface area contributed by atoms with E-state index in [1.807, 2.05) is 37.3 Å². The van der Waals surface area contributed by atoms with Crippen LogP contribution in [-0.4, -0.2) is 43.2 Å². The van der Waals surface area contributed by atoms with Crippen molar-refractivity contribution in [3.05, 3.63) is 65.7 Å². The molecule has 0 bridgehead atoms. The van der Waals surface area contributed by atoms with E-state index in [0.717, 1.165) is 5.56 Å². The third kappa shape index (κ3) is 8.83. The van der Waals surface area contributed by atoms with Crippen LogP contribution in [0.15, 0.2) is 54.6 Å². The number of benzene rings is 2. The summed E-state index contributed by atoms with van der Waals surface area (Å²) in [6, 6.07) is 16.3. The average Bonchev–Trinajstić information content (AvgIpc) is 2.78. The summed E-state index contributed by atoms with van der Waals surface area (Å²) in [6.45, 7) is 2.35. The van der Waals surface area contributed by atoms with E-state index >= 15 is 0 Å². The Morgan fingerprint density at radius 3 is 2.47 bits per heavy atom. The van der Waals surface area contributed by atoms with Gasteiger partial charge >= 0.3 is 5.97 Å². The number of anilines is 1. The molecule has 0 spiro atoms. The van der Waals surface area contributed by atoms with Gasteiger partial charge < -0.3 is 25.4 Å². The molecule has 8 nitrogen and oxygen atoms in total. The van der Waals surface area contributed by atoms with Gasteiger partial charge in [-0.05, 0) is 42.9 Å². The first-order valence-electron chi connectivity index (χ1n) is 10.1. The first kappa shape index (κ1) is 25.0. The van der Waals surface area contributed by atoms with Gasteiger partial charge in [-0.15, -0.1) is 0 Å². The summed E-state index contributed by atoms with van der Waals surface area (Å²) >= 11 is 5.14. The number of methoxy groups -OCH3 is 1. The minimum absolute atomic E-state index is 0.0620. The van der Waals surface area contributed by atoms with Crippen LogP contribution in [0.25, 0.3) is 0 Å². The Morgan fingerprint density at radius 1 is 1.00 bits per heavy atom. The maximum Gasteiger partial charge on any atom is 0.306 e. The normalized spacial score (nSPS) is 11.2. The van der Waals surface area contributed by atoms with E-state index < -0.39 is 11.9 Å². The molecule has 0 radical (unpaired) electrons. The van der Waals surface area contributed by atoms with Gasteiger partial charge in [-0.1, -0.05) is 36.4 Å². The van der Waals surface area contributed by atoms with E-state index in [1.54, 1.807) is 24.3 Å². The molecule has 2 aromatic rings. The topological polar surface area (TPSA) is 106 Å². The van der Waals surface area contributed by atoms with Crippen LogP contribution in [0.2, 0.25) is 0 Å². The molecule has 0 aliphatic rings. The molecule has 2 aromatic carbocycles. The molecular formula is C23H27N3O5S. The Kier molecular flexibility index (Phi) is 10.3. The monoisotopic (exact) mass is 457 g/mol. The highest BCUT2D eigenvalue weighted by molar-refractivity contribution is 7.80. The van der Waals surface area contributed by atoms with Crippen LogP contribution < -0.4 is 16.0 Å². The lowest BCUT2D eigenvalue weighted by molar-refractivity contribution is -0.146. The van der Waals surface area contributed by atoms with Crippen molar-refractivity contribution in [1.29, 1.82) is 0 Å². The van der Waals surface area contributed by atoms with Gasteiger partial charge in [0.2, 0.25) is 5.91 Å². The van der Waals surface area contributed by atoms with Crippen LogP contribution in [0.1, 0.15) is 41.7 Å². The maximum atomic E-state index is 12.6. The number of hydrogen-bond acceptors (Lipinski definition) is 6. The molecule has 0 aliphatic carbocycles. The molecule has 0 heterocycles. The van der Waals surface area contributed by atoms with Crippen LogP contribution in [0.5, 0.6) is 0 Å². The van der Waals surface area contributed by atoms with Crippen molar-refractivity contribution in [3.8, 4) is 0 Å². The molecule has 9 heteroatoms. The number of ether oxygens (including phenoxy) is 2. The van der Waals surface area contributed by atoms with E-state index in [-0.39, 0.29) is 36.5 Å². The van der Waals surface area contributed by atoms with Gasteiger partial charge in [-0.25, -0.2) is 0 Å². The van der Waals surface area contributed by atoms with E-state index in [9.17, 15) is 14.4 Å². The van der Waals surface area contributed by atoms with Gasteiger partial charge in [0, 0.05) is 24.8 Å². The van der Waals surface area contributed by atoms with Crippen molar-refractivity contribution in [3.63, 3.8) is 0 Å². The van der Waals surface area contributed by atoms with Gasteiger partial charge in [0.15, 0.2) is 5.11 Å². The largest absolute Gasteiger partial charge is 0.463 e. The fourth-order valence-corrected chi connectivity index (χ4v) is 2.95. The van der Waals surface area contributed by atoms with Crippen molar-refractivity contribution in [2.45, 2.75) is 25.8 Å². The van der Waals surface area contributed by atoms with Gasteiger partial charge in [-0.3, -0.25) is 14.4 Å². The van der Waals surface area contributed by atoms with Crippen molar-refractivity contribution < 1.29 is 23.9 Å². The highest BCUT2D eigenvalue weighted by Gasteiger charge is 2.13. The number of carbonyl (C=O) groups excluding carboxylic acids is 3. The lowest BCUT2D eigenvalue weighted by atomic mass is 10.1. The summed E-state index contributed by atoms with van der Waals surface area (Å²) in [5.74, 6) is -1.14. The summed E-state index contributed by atoms with van der Waals surface area (Å²) < 4.78 is 9.68. The first-order valence-corrected chi connectivity index (χ1v) is 10.5. The molecule has 32 heavy (non-hydrogen) atoms. The summed E-state index contributed by atoms with van der Waals surface area (Å²) in [6.07, 6.45) is -0.124. The van der Waals surface area contributed by atoms with Crippen molar-refractivity contribution in [1.82, 2.24) is 10.6 Å². The molecule has 0 saturated heterocycles. The second-order valence-electron chi connectivity index (χ2n) is 6.90. The number of esters is 1. The standard InChI is InChI=1S/C23H27N3O5S/c1-16(17-7-4-3-5-8-17)24-22(29)18-9-6-10-19(15-18)25-23(32)26-20(27)11-12-21(28)31-14-13-30-2/h3-10,15-16H,11-14H2,1-2H3,(H,24,29)(H2,25,26,27,32). The molecule has 0 aromatic heterocycles. The zero-order valence-electron chi connectivity index (χ0n) is 18.1. The van der Waals surface area contributed by atoms with E-state index in [2.05, 4.69) is 16.0 Å². The third-order valence-corrected chi connectivity index (χ3v) is 4.59. The van der Waals surface area contributed by atoms with Crippen molar-refractivity contribution in [2.24, 2.45) is 0 Å². The third-order valence-electron chi connectivity index (χ3n) is 4.39. The zero-order valence-corrected chi connectivity index (χ0v) is 18.9. The average molecular weight is 458 g/mol. The van der Waals surface area contributed by atoms with Crippen LogP contribution in [0.4, 0.5) is 5.69 Å². The first-order chi connectivity index (χ1) is 15.4. The number of thiocarbonyl (C=S) groups is 1. The summed E-state index contributed by atoms with van der Waals surface area (Å²) in [5, 5.41) is 8.39. The molecule has 0 aliphatic heterocycles. The van der Waals surface area contributed by atoms with Gasteiger partial charge in [-0.2, -0.15) is 0 Å². The van der Waals surface area contributed by atoms with Crippen LogP contribution >= 0.6 is 12.2 Å². The maximum absolute atomic E-state index is 12.6. The van der Waals surface area contributed by atoms with Gasteiger partial charge in [0.1, 0.15) is 6.61 Å². The van der Waals surface area contributed by atoms with E-state index in [4.69, 9.17) is 21.7 Å². The fraction of sp³-hybridized carbons (Fsp3) is 0.304. The predicted octanol–water partition coefficient (Wildman–Crippen LogP) is 2.96. The second-order valence-corrected chi connectivity index (χ2v) is 7.31. The Bertz CT molecular complexity index is 936. The molecule has 170 valence electrons. The van der Waals surface area contributed by atoms with E-state index in [1.165, 1.54) is 7.11 Å². The molecular weight excluding hydrogens is 430 g/mol. The van der Waals surface area contributed by atoms with Crippen molar-refractivity contribution in [2.75, 3.05) is 25.6 Å². The van der Waals surface area contributed by atoms with Crippen molar-refractivity contribution >= 4 is 40.8 Å². The summed E-state index contributed by atoms with van der Waals surface area (Å²) in [7, 11) is 1.50. The minimum atomic E-state index is -0.487. The molecule has 2 amide bonds. The molecule has 0 fully saturated rings. The molecule has 1 atom stereocenters.